The van der Waals surface area contributed by atoms with Crippen LogP contribution < -0.4 is 5.32 Å². The summed E-state index contributed by atoms with van der Waals surface area (Å²) < 4.78 is 9.58. The van der Waals surface area contributed by atoms with Crippen molar-refractivity contribution in [2.24, 2.45) is 0 Å². The molecule has 0 bridgehead atoms. The lowest BCUT2D eigenvalue weighted by Gasteiger charge is -2.02. The zero-order valence-electron chi connectivity index (χ0n) is 6.63. The highest BCUT2D eigenvalue weighted by molar-refractivity contribution is 5.66. The molecule has 4 nitrogen and oxygen atoms in total. The highest BCUT2D eigenvalue weighted by Gasteiger charge is 1.94. The summed E-state index contributed by atoms with van der Waals surface area (Å²) in [5, 5.41) is 2.32. The van der Waals surface area contributed by atoms with Gasteiger partial charge in [0.05, 0.1) is 13.2 Å². The van der Waals surface area contributed by atoms with Gasteiger partial charge in [-0.25, -0.2) is 4.79 Å². The maximum atomic E-state index is 10.4. The fourth-order valence-corrected chi connectivity index (χ4v) is 0.432. The Labute approximate surface area is 66.2 Å². The van der Waals surface area contributed by atoms with E-state index in [1.807, 2.05) is 0 Å². The Morgan fingerprint density at radius 1 is 1.64 bits per heavy atom. The second-order valence-corrected chi connectivity index (χ2v) is 1.75. The standard InChI is InChI=1S/C7H13NO3/c1-3-4-10-5-6-11-7(9)8-2/h3H,1,4-6H2,2H3,(H,8,9). The van der Waals surface area contributed by atoms with Crippen LogP contribution in [0.15, 0.2) is 12.7 Å². The van der Waals surface area contributed by atoms with Gasteiger partial charge in [0, 0.05) is 7.05 Å². The first kappa shape index (κ1) is 9.97. The van der Waals surface area contributed by atoms with E-state index >= 15 is 0 Å². The molecule has 0 unspecified atom stereocenters. The first-order valence-corrected chi connectivity index (χ1v) is 3.34. The van der Waals surface area contributed by atoms with Crippen molar-refractivity contribution < 1.29 is 14.3 Å². The quantitative estimate of drug-likeness (QED) is 0.470. The largest absolute Gasteiger partial charge is 0.447 e. The minimum absolute atomic E-state index is 0.271. The molecule has 0 rings (SSSR count). The van der Waals surface area contributed by atoms with Gasteiger partial charge in [-0.2, -0.15) is 0 Å². The molecule has 0 atom stereocenters. The molecule has 0 saturated heterocycles. The van der Waals surface area contributed by atoms with Crippen molar-refractivity contribution in [3.63, 3.8) is 0 Å². The van der Waals surface area contributed by atoms with Crippen LogP contribution in [0.3, 0.4) is 0 Å². The van der Waals surface area contributed by atoms with Crippen molar-refractivity contribution in [1.29, 1.82) is 0 Å². The number of amides is 1. The number of nitrogens with one attached hydrogen (secondary N) is 1. The zero-order valence-corrected chi connectivity index (χ0v) is 6.63. The Bertz CT molecular complexity index is 125. The molecule has 1 amide bonds. The molecule has 0 aliphatic heterocycles. The average molecular weight is 159 g/mol. The van der Waals surface area contributed by atoms with Crippen LogP contribution in [0.4, 0.5) is 4.79 Å². The van der Waals surface area contributed by atoms with Crippen LogP contribution in [-0.2, 0) is 9.47 Å². The van der Waals surface area contributed by atoms with E-state index in [2.05, 4.69) is 16.6 Å². The van der Waals surface area contributed by atoms with Crippen LogP contribution in [0, 0.1) is 0 Å². The Morgan fingerprint density at radius 2 is 2.36 bits per heavy atom. The maximum absolute atomic E-state index is 10.4. The minimum Gasteiger partial charge on any atom is -0.447 e. The minimum atomic E-state index is -0.438. The second kappa shape index (κ2) is 7.08. The van der Waals surface area contributed by atoms with Crippen molar-refractivity contribution in [1.82, 2.24) is 5.32 Å². The predicted molar refractivity (Wildman–Crippen MR) is 41.4 cm³/mol. The van der Waals surface area contributed by atoms with Crippen LogP contribution in [0.2, 0.25) is 0 Å². The van der Waals surface area contributed by atoms with Crippen LogP contribution >= 0.6 is 0 Å². The summed E-state index contributed by atoms with van der Waals surface area (Å²) in [6, 6.07) is 0. The number of hydrogen-bond acceptors (Lipinski definition) is 3. The zero-order chi connectivity index (χ0) is 8.53. The topological polar surface area (TPSA) is 47.6 Å². The molecule has 64 valence electrons. The van der Waals surface area contributed by atoms with E-state index in [0.29, 0.717) is 13.2 Å². The molecule has 0 saturated carbocycles. The van der Waals surface area contributed by atoms with Crippen LogP contribution in [0.25, 0.3) is 0 Å². The fraction of sp³-hybridized carbons (Fsp3) is 0.571. The van der Waals surface area contributed by atoms with Gasteiger partial charge in [-0.1, -0.05) is 6.08 Å². The number of rotatable bonds is 5. The lowest BCUT2D eigenvalue weighted by atomic mass is 10.7. The van der Waals surface area contributed by atoms with Gasteiger partial charge in [0.1, 0.15) is 6.61 Å². The number of ether oxygens (including phenoxy) is 2. The van der Waals surface area contributed by atoms with Gasteiger partial charge in [0.25, 0.3) is 0 Å². The van der Waals surface area contributed by atoms with Gasteiger partial charge in [0.2, 0.25) is 0 Å². The van der Waals surface area contributed by atoms with Gasteiger partial charge < -0.3 is 14.8 Å². The molecule has 0 aromatic rings. The van der Waals surface area contributed by atoms with E-state index < -0.39 is 6.09 Å². The van der Waals surface area contributed by atoms with Crippen molar-refractivity contribution in [3.8, 4) is 0 Å². The molecular formula is C7H13NO3. The lowest BCUT2D eigenvalue weighted by Crippen LogP contribution is -2.21. The summed E-state index contributed by atoms with van der Waals surface area (Å²) in [7, 11) is 1.51. The van der Waals surface area contributed by atoms with Gasteiger partial charge in [-0.15, -0.1) is 6.58 Å². The molecule has 0 spiro atoms. The summed E-state index contributed by atoms with van der Waals surface area (Å²) in [6.45, 7) is 4.62. The van der Waals surface area contributed by atoms with E-state index in [-0.39, 0.29) is 6.61 Å². The van der Waals surface area contributed by atoms with Crippen LogP contribution in [-0.4, -0.2) is 33.0 Å². The summed E-state index contributed by atoms with van der Waals surface area (Å²) in [6.07, 6.45) is 1.20. The Balaban J connectivity index is 3.01. The maximum Gasteiger partial charge on any atom is 0.406 e. The summed E-state index contributed by atoms with van der Waals surface area (Å²) in [5.41, 5.74) is 0. The first-order chi connectivity index (χ1) is 5.31. The van der Waals surface area contributed by atoms with Crippen molar-refractivity contribution in [2.75, 3.05) is 26.9 Å². The lowest BCUT2D eigenvalue weighted by molar-refractivity contribution is 0.0863. The molecule has 4 heteroatoms. The number of hydrogen-bond donors (Lipinski definition) is 1. The van der Waals surface area contributed by atoms with Crippen LogP contribution in [0.1, 0.15) is 0 Å². The third-order valence-electron chi connectivity index (χ3n) is 0.901. The third kappa shape index (κ3) is 6.86. The van der Waals surface area contributed by atoms with Gasteiger partial charge >= 0.3 is 6.09 Å². The number of carbonyl (C=O) groups is 1. The fourth-order valence-electron chi connectivity index (χ4n) is 0.432. The van der Waals surface area contributed by atoms with Crippen LogP contribution in [0.5, 0.6) is 0 Å². The van der Waals surface area contributed by atoms with Crippen molar-refractivity contribution in [3.05, 3.63) is 12.7 Å². The molecule has 1 N–H and O–H groups in total. The highest BCUT2D eigenvalue weighted by Crippen LogP contribution is 1.79. The molecule has 0 fully saturated rings. The van der Waals surface area contributed by atoms with E-state index in [9.17, 15) is 4.79 Å². The smallest absolute Gasteiger partial charge is 0.406 e. The third-order valence-corrected chi connectivity index (χ3v) is 0.901. The molecule has 0 aliphatic rings. The summed E-state index contributed by atoms with van der Waals surface area (Å²) in [5.74, 6) is 0. The molecule has 11 heavy (non-hydrogen) atoms. The Kier molecular flexibility index (Phi) is 6.42. The van der Waals surface area contributed by atoms with Gasteiger partial charge in [-0.05, 0) is 0 Å². The second-order valence-electron chi connectivity index (χ2n) is 1.75. The predicted octanol–water partition coefficient (Wildman–Crippen LogP) is 0.545. The molecule has 0 aromatic carbocycles. The van der Waals surface area contributed by atoms with Gasteiger partial charge in [0.15, 0.2) is 0 Å². The van der Waals surface area contributed by atoms with E-state index in [1.165, 1.54) is 7.05 Å². The van der Waals surface area contributed by atoms with E-state index in [0.717, 1.165) is 0 Å². The normalized spacial score (nSPS) is 8.82. The van der Waals surface area contributed by atoms with Crippen molar-refractivity contribution in [2.45, 2.75) is 0 Å². The number of alkyl carbamates (subject to hydrolysis) is 1. The SMILES string of the molecule is C=CCOCCOC(=O)NC. The monoisotopic (exact) mass is 159 g/mol. The molecule has 0 radical (unpaired) electrons. The van der Waals surface area contributed by atoms with E-state index in [4.69, 9.17) is 4.74 Å². The Morgan fingerprint density at radius 3 is 2.91 bits per heavy atom. The van der Waals surface area contributed by atoms with Crippen molar-refractivity contribution >= 4 is 6.09 Å². The average Bonchev–Trinajstić information content (AvgIpc) is 2.04. The summed E-state index contributed by atoms with van der Waals surface area (Å²) >= 11 is 0. The van der Waals surface area contributed by atoms with Gasteiger partial charge in [-0.3, -0.25) is 0 Å². The molecular weight excluding hydrogens is 146 g/mol. The molecule has 0 heterocycles. The Hall–Kier alpha value is -1.03. The molecule has 0 aliphatic carbocycles. The van der Waals surface area contributed by atoms with E-state index in [1.54, 1.807) is 6.08 Å². The highest BCUT2D eigenvalue weighted by atomic mass is 16.6. The molecule has 0 aromatic heterocycles. The number of carbonyl (C=O) groups excluding carboxylic acids is 1. The first-order valence-electron chi connectivity index (χ1n) is 3.34. The summed E-state index contributed by atoms with van der Waals surface area (Å²) in [4.78, 5) is 10.4.